The molecule has 21 heavy (non-hydrogen) atoms. The van der Waals surface area contributed by atoms with Crippen LogP contribution in [0.15, 0.2) is 48.5 Å². The van der Waals surface area contributed by atoms with Crippen molar-refractivity contribution >= 4 is 29.2 Å². The van der Waals surface area contributed by atoms with Crippen LogP contribution in [-0.2, 0) is 16.1 Å². The van der Waals surface area contributed by atoms with Gasteiger partial charge in [-0.15, -0.1) is 0 Å². The van der Waals surface area contributed by atoms with Gasteiger partial charge in [0.1, 0.15) is 6.61 Å². The fraction of sp³-hybridized carbons (Fsp3) is 0.125. The molecule has 0 saturated heterocycles. The zero-order chi connectivity index (χ0) is 15.2. The Hall–Kier alpha value is -2.33. The molecule has 0 bridgehead atoms. The summed E-state index contributed by atoms with van der Waals surface area (Å²) in [6, 6.07) is 13.7. The Morgan fingerprint density at radius 3 is 2.43 bits per heavy atom. The molecule has 0 atom stereocenters. The van der Waals surface area contributed by atoms with Gasteiger partial charge >= 0.3 is 5.97 Å². The van der Waals surface area contributed by atoms with E-state index in [1.54, 1.807) is 48.5 Å². The lowest BCUT2D eigenvalue weighted by molar-refractivity contribution is -0.114. The first-order valence-corrected chi connectivity index (χ1v) is 6.72. The van der Waals surface area contributed by atoms with Crippen LogP contribution < -0.4 is 5.32 Å². The molecule has 0 aliphatic rings. The molecule has 4 nitrogen and oxygen atoms in total. The first-order valence-electron chi connectivity index (χ1n) is 6.34. The maximum Gasteiger partial charge on any atom is 0.340 e. The average molecular weight is 304 g/mol. The number of rotatable bonds is 4. The summed E-state index contributed by atoms with van der Waals surface area (Å²) in [6.45, 7) is 1.53. The van der Waals surface area contributed by atoms with Crippen molar-refractivity contribution in [3.63, 3.8) is 0 Å². The van der Waals surface area contributed by atoms with E-state index in [1.165, 1.54) is 6.92 Å². The van der Waals surface area contributed by atoms with E-state index in [0.29, 0.717) is 16.3 Å². The largest absolute Gasteiger partial charge is 0.457 e. The van der Waals surface area contributed by atoms with Crippen LogP contribution in [0.4, 0.5) is 5.69 Å². The third-order valence-electron chi connectivity index (χ3n) is 2.74. The quantitative estimate of drug-likeness (QED) is 0.877. The molecule has 0 spiro atoms. The number of anilines is 1. The molecule has 0 radical (unpaired) electrons. The van der Waals surface area contributed by atoms with Crippen LogP contribution in [0.3, 0.4) is 0 Å². The second kappa shape index (κ2) is 6.90. The van der Waals surface area contributed by atoms with Crippen molar-refractivity contribution in [2.24, 2.45) is 0 Å². The summed E-state index contributed by atoms with van der Waals surface area (Å²) in [4.78, 5) is 23.2. The number of esters is 1. The van der Waals surface area contributed by atoms with E-state index >= 15 is 0 Å². The number of hydrogen-bond donors (Lipinski definition) is 1. The smallest absolute Gasteiger partial charge is 0.340 e. The van der Waals surface area contributed by atoms with Gasteiger partial charge in [-0.3, -0.25) is 4.79 Å². The van der Waals surface area contributed by atoms with Gasteiger partial charge in [-0.2, -0.15) is 0 Å². The van der Waals surface area contributed by atoms with Gasteiger partial charge in [-0.1, -0.05) is 35.9 Å². The van der Waals surface area contributed by atoms with Crippen molar-refractivity contribution < 1.29 is 14.3 Å². The fourth-order valence-electron chi connectivity index (χ4n) is 1.77. The number of nitrogens with one attached hydrogen (secondary N) is 1. The minimum absolute atomic E-state index is 0.143. The SMILES string of the molecule is CC(=O)Nc1ccccc1C(=O)OCc1ccc(Cl)cc1. The number of halogens is 1. The predicted octanol–water partition coefficient (Wildman–Crippen LogP) is 3.66. The highest BCUT2D eigenvalue weighted by Gasteiger charge is 2.13. The van der Waals surface area contributed by atoms with E-state index in [9.17, 15) is 9.59 Å². The van der Waals surface area contributed by atoms with Gasteiger partial charge in [-0.25, -0.2) is 4.79 Å². The van der Waals surface area contributed by atoms with Gasteiger partial charge in [0.25, 0.3) is 0 Å². The van der Waals surface area contributed by atoms with E-state index in [0.717, 1.165) is 5.56 Å². The summed E-state index contributed by atoms with van der Waals surface area (Å²) in [5, 5.41) is 3.23. The van der Waals surface area contributed by atoms with Gasteiger partial charge in [0, 0.05) is 11.9 Å². The van der Waals surface area contributed by atoms with Crippen LogP contribution in [0.2, 0.25) is 5.02 Å². The molecular weight excluding hydrogens is 290 g/mol. The third-order valence-corrected chi connectivity index (χ3v) is 2.99. The molecule has 0 aromatic heterocycles. The minimum Gasteiger partial charge on any atom is -0.457 e. The van der Waals surface area contributed by atoms with Crippen LogP contribution in [0.1, 0.15) is 22.8 Å². The number of para-hydroxylation sites is 1. The van der Waals surface area contributed by atoms with Gasteiger partial charge in [-0.05, 0) is 29.8 Å². The Labute approximate surface area is 127 Å². The highest BCUT2D eigenvalue weighted by molar-refractivity contribution is 6.30. The number of hydrogen-bond acceptors (Lipinski definition) is 3. The van der Waals surface area contributed by atoms with Crippen molar-refractivity contribution in [1.82, 2.24) is 0 Å². The zero-order valence-corrected chi connectivity index (χ0v) is 12.2. The van der Waals surface area contributed by atoms with Gasteiger partial charge in [0.05, 0.1) is 11.3 Å². The van der Waals surface area contributed by atoms with Crippen molar-refractivity contribution in [3.05, 3.63) is 64.7 Å². The highest BCUT2D eigenvalue weighted by atomic mass is 35.5. The van der Waals surface area contributed by atoms with Gasteiger partial charge in [0.2, 0.25) is 5.91 Å². The summed E-state index contributed by atoms with van der Waals surface area (Å²) in [5.74, 6) is -0.734. The molecule has 108 valence electrons. The van der Waals surface area contributed by atoms with Crippen molar-refractivity contribution in [1.29, 1.82) is 0 Å². The molecule has 0 aliphatic carbocycles. The van der Waals surface area contributed by atoms with Gasteiger partial charge < -0.3 is 10.1 Å². The topological polar surface area (TPSA) is 55.4 Å². The number of carbonyl (C=O) groups excluding carboxylic acids is 2. The first-order chi connectivity index (χ1) is 10.1. The Balaban J connectivity index is 2.06. The lowest BCUT2D eigenvalue weighted by atomic mass is 10.1. The van der Waals surface area contributed by atoms with E-state index in [2.05, 4.69) is 5.32 Å². The van der Waals surface area contributed by atoms with Crippen LogP contribution in [-0.4, -0.2) is 11.9 Å². The predicted molar refractivity (Wildman–Crippen MR) is 81.3 cm³/mol. The molecule has 0 heterocycles. The van der Waals surface area contributed by atoms with E-state index in [1.807, 2.05) is 0 Å². The Morgan fingerprint density at radius 2 is 1.76 bits per heavy atom. The minimum atomic E-state index is -0.491. The molecule has 2 aromatic carbocycles. The third kappa shape index (κ3) is 4.33. The first kappa shape index (κ1) is 15.1. The Morgan fingerprint density at radius 1 is 1.10 bits per heavy atom. The zero-order valence-electron chi connectivity index (χ0n) is 11.4. The molecule has 0 fully saturated rings. The van der Waals surface area contributed by atoms with Crippen LogP contribution in [0.25, 0.3) is 0 Å². The summed E-state index contributed by atoms with van der Waals surface area (Å²) in [5.41, 5.74) is 1.59. The van der Waals surface area contributed by atoms with Crippen LogP contribution in [0.5, 0.6) is 0 Å². The maximum atomic E-state index is 12.1. The molecule has 1 N–H and O–H groups in total. The molecule has 0 aliphatic heterocycles. The molecule has 2 aromatic rings. The molecular formula is C16H14ClNO3. The number of amides is 1. The van der Waals surface area contributed by atoms with Crippen molar-refractivity contribution in [2.45, 2.75) is 13.5 Å². The normalized spacial score (nSPS) is 10.0. The second-order valence-electron chi connectivity index (χ2n) is 4.43. The monoisotopic (exact) mass is 303 g/mol. The number of ether oxygens (including phenoxy) is 1. The van der Waals surface area contributed by atoms with Crippen LogP contribution >= 0.6 is 11.6 Å². The molecule has 0 saturated carbocycles. The summed E-state index contributed by atoms with van der Waals surface area (Å²) >= 11 is 5.79. The van der Waals surface area contributed by atoms with E-state index in [-0.39, 0.29) is 12.5 Å². The highest BCUT2D eigenvalue weighted by Crippen LogP contribution is 2.17. The van der Waals surface area contributed by atoms with Crippen molar-refractivity contribution in [3.8, 4) is 0 Å². The van der Waals surface area contributed by atoms with E-state index < -0.39 is 5.97 Å². The van der Waals surface area contributed by atoms with Crippen molar-refractivity contribution in [2.75, 3.05) is 5.32 Å². The van der Waals surface area contributed by atoms with Gasteiger partial charge in [0.15, 0.2) is 0 Å². The number of carbonyl (C=O) groups is 2. The Kier molecular flexibility index (Phi) is 4.95. The lowest BCUT2D eigenvalue weighted by Crippen LogP contribution is -2.12. The molecule has 0 unspecified atom stereocenters. The summed E-state index contributed by atoms with van der Waals surface area (Å²) in [6.07, 6.45) is 0. The fourth-order valence-corrected chi connectivity index (χ4v) is 1.89. The maximum absolute atomic E-state index is 12.1. The molecule has 5 heteroatoms. The molecule has 2 rings (SSSR count). The lowest BCUT2D eigenvalue weighted by Gasteiger charge is -2.10. The number of benzene rings is 2. The van der Waals surface area contributed by atoms with E-state index in [4.69, 9.17) is 16.3 Å². The average Bonchev–Trinajstić information content (AvgIpc) is 2.46. The van der Waals surface area contributed by atoms with Crippen LogP contribution in [0, 0.1) is 0 Å². The standard InChI is InChI=1S/C16H14ClNO3/c1-11(19)18-15-5-3-2-4-14(15)16(20)21-10-12-6-8-13(17)9-7-12/h2-9H,10H2,1H3,(H,18,19). The second-order valence-corrected chi connectivity index (χ2v) is 4.87. The summed E-state index contributed by atoms with van der Waals surface area (Å²) in [7, 11) is 0. The summed E-state index contributed by atoms with van der Waals surface area (Å²) < 4.78 is 5.24. The Bertz CT molecular complexity index is 653. The molecule has 1 amide bonds.